The van der Waals surface area contributed by atoms with Gasteiger partial charge in [0.1, 0.15) is 18.5 Å². The molecule has 1 aromatic heterocycles. The van der Waals surface area contributed by atoms with E-state index in [1.807, 2.05) is 13.8 Å². The molecule has 1 unspecified atom stereocenters. The number of anilines is 2. The van der Waals surface area contributed by atoms with Gasteiger partial charge in [-0.05, 0) is 56.5 Å². The highest BCUT2D eigenvalue weighted by molar-refractivity contribution is 5.94. The van der Waals surface area contributed by atoms with Crippen LogP contribution in [0.3, 0.4) is 0 Å². The summed E-state index contributed by atoms with van der Waals surface area (Å²) in [6, 6.07) is 11.0. The summed E-state index contributed by atoms with van der Waals surface area (Å²) >= 11 is 0. The first-order valence-electron chi connectivity index (χ1n) is 13.1. The van der Waals surface area contributed by atoms with E-state index in [0.29, 0.717) is 41.0 Å². The number of methoxy groups -OCH3 is 1. The number of rotatable bonds is 8. The highest BCUT2D eigenvalue weighted by Crippen LogP contribution is 2.32. The topological polar surface area (TPSA) is 81.9 Å². The Morgan fingerprint density at radius 3 is 2.55 bits per heavy atom. The zero-order valence-corrected chi connectivity index (χ0v) is 22.6. The molecule has 1 saturated heterocycles. The Bertz CT molecular complexity index is 1380. The van der Waals surface area contributed by atoms with Crippen LogP contribution in [0.5, 0.6) is 5.75 Å². The monoisotopic (exact) mass is 562 g/mol. The number of piperidine rings is 1. The predicted octanol–water partition coefficient (Wildman–Crippen LogP) is 4.89. The second-order valence-electron chi connectivity index (χ2n) is 10.1. The number of aliphatic hydroxyl groups is 2. The van der Waals surface area contributed by atoms with Crippen LogP contribution >= 0.6 is 0 Å². The van der Waals surface area contributed by atoms with Gasteiger partial charge >= 0.3 is 6.18 Å². The summed E-state index contributed by atoms with van der Waals surface area (Å²) in [6.45, 7) is 3.97. The van der Waals surface area contributed by atoms with Crippen LogP contribution in [0.2, 0.25) is 0 Å². The molecule has 0 amide bonds. The summed E-state index contributed by atoms with van der Waals surface area (Å²) in [5, 5.41) is 25.5. The largest absolute Gasteiger partial charge is 0.495 e. The van der Waals surface area contributed by atoms with Crippen molar-refractivity contribution in [2.45, 2.75) is 57.5 Å². The molecule has 1 aliphatic heterocycles. The van der Waals surface area contributed by atoms with Gasteiger partial charge in [-0.2, -0.15) is 13.2 Å². The summed E-state index contributed by atoms with van der Waals surface area (Å²) < 4.78 is 62.0. The van der Waals surface area contributed by atoms with Crippen LogP contribution in [-0.2, 0) is 6.54 Å². The third-order valence-corrected chi connectivity index (χ3v) is 7.03. The minimum atomic E-state index is -4.47. The van der Waals surface area contributed by atoms with Crippen molar-refractivity contribution in [3.63, 3.8) is 0 Å². The minimum absolute atomic E-state index is 0.0913. The second kappa shape index (κ2) is 12.4. The van der Waals surface area contributed by atoms with Gasteiger partial charge in [-0.3, -0.25) is 4.90 Å². The van der Waals surface area contributed by atoms with E-state index in [2.05, 4.69) is 27.4 Å². The highest BCUT2D eigenvalue weighted by atomic mass is 19.4. The van der Waals surface area contributed by atoms with E-state index in [9.17, 15) is 27.8 Å². The average molecular weight is 563 g/mol. The van der Waals surface area contributed by atoms with Gasteiger partial charge < -0.3 is 30.2 Å². The van der Waals surface area contributed by atoms with Crippen LogP contribution in [-0.4, -0.2) is 70.9 Å². The van der Waals surface area contributed by atoms with Crippen molar-refractivity contribution in [3.05, 3.63) is 53.7 Å². The number of nitrogens with one attached hydrogen (secondary N) is 2. The molecule has 0 bridgehead atoms. The molecule has 0 radical (unpaired) electrons. The van der Waals surface area contributed by atoms with E-state index >= 15 is 0 Å². The third-order valence-electron chi connectivity index (χ3n) is 7.03. The van der Waals surface area contributed by atoms with Crippen LogP contribution in [0.25, 0.3) is 10.9 Å². The van der Waals surface area contributed by atoms with E-state index in [4.69, 9.17) is 4.74 Å². The number of halogens is 4. The normalized spacial score (nSPS) is 18.2. The number of hydrogen-bond donors (Lipinski definition) is 4. The van der Waals surface area contributed by atoms with Crippen molar-refractivity contribution in [2.24, 2.45) is 0 Å². The molecule has 2 atom stereocenters. The lowest BCUT2D eigenvalue weighted by Gasteiger charge is -2.37. The van der Waals surface area contributed by atoms with Gasteiger partial charge in [-0.25, -0.2) is 4.39 Å². The van der Waals surface area contributed by atoms with E-state index in [-0.39, 0.29) is 23.8 Å². The Balaban J connectivity index is 1.58. The van der Waals surface area contributed by atoms with Crippen molar-refractivity contribution in [1.29, 1.82) is 0 Å². The molecule has 1 aliphatic rings. The molecular weight excluding hydrogens is 528 g/mol. The molecule has 216 valence electrons. The maximum atomic E-state index is 15.0. The molecule has 1 fully saturated rings. The quantitative estimate of drug-likeness (QED) is 0.178. The Morgan fingerprint density at radius 2 is 1.90 bits per heavy atom. The number of alkyl halides is 4. The first-order chi connectivity index (χ1) is 19.0. The fourth-order valence-corrected chi connectivity index (χ4v) is 4.91. The lowest BCUT2D eigenvalue weighted by molar-refractivity contribution is -0.140. The second-order valence-corrected chi connectivity index (χ2v) is 10.1. The Hall–Kier alpha value is -3.46. The SMILES string of the molecule is COc1cc(C(O)O)ccc1NCC#Cc1cc2c(NC3CCN(C(C)C)C[C@H]3F)cccc2n1CC(F)(F)F. The van der Waals surface area contributed by atoms with E-state index in [1.165, 1.54) is 19.2 Å². The lowest BCUT2D eigenvalue weighted by Crippen LogP contribution is -2.50. The Morgan fingerprint density at radius 1 is 1.12 bits per heavy atom. The molecule has 2 heterocycles. The van der Waals surface area contributed by atoms with E-state index in [0.717, 1.165) is 11.1 Å². The first-order valence-corrected chi connectivity index (χ1v) is 13.1. The number of aromatic nitrogens is 1. The fourth-order valence-electron chi connectivity index (χ4n) is 4.91. The van der Waals surface area contributed by atoms with Crippen molar-refractivity contribution >= 4 is 22.3 Å². The summed E-state index contributed by atoms with van der Waals surface area (Å²) in [4.78, 5) is 2.07. The molecule has 0 saturated carbocycles. The number of fused-ring (bicyclic) bond motifs is 1. The fraction of sp³-hybridized carbons (Fsp3) is 0.448. The van der Waals surface area contributed by atoms with Gasteiger partial charge in [-0.1, -0.05) is 18.1 Å². The number of likely N-dealkylation sites (tertiary alicyclic amines) is 1. The van der Waals surface area contributed by atoms with Crippen molar-refractivity contribution in [2.75, 3.05) is 37.4 Å². The maximum Gasteiger partial charge on any atom is 0.406 e. The summed E-state index contributed by atoms with van der Waals surface area (Å²) in [5.74, 6) is 6.06. The number of benzene rings is 2. The number of nitrogens with zero attached hydrogens (tertiary/aromatic N) is 2. The molecule has 40 heavy (non-hydrogen) atoms. The van der Waals surface area contributed by atoms with Crippen molar-refractivity contribution in [3.8, 4) is 17.6 Å². The molecule has 0 aliphatic carbocycles. The van der Waals surface area contributed by atoms with Crippen LogP contribution in [0.15, 0.2) is 42.5 Å². The maximum absolute atomic E-state index is 15.0. The minimum Gasteiger partial charge on any atom is -0.495 e. The van der Waals surface area contributed by atoms with Crippen LogP contribution in [0.1, 0.15) is 37.8 Å². The molecular formula is C29H34F4N4O3. The van der Waals surface area contributed by atoms with E-state index < -0.39 is 31.2 Å². The zero-order valence-electron chi connectivity index (χ0n) is 22.6. The Labute approximate surface area is 230 Å². The molecule has 7 nitrogen and oxygen atoms in total. The summed E-state index contributed by atoms with van der Waals surface area (Å²) in [7, 11) is 1.43. The lowest BCUT2D eigenvalue weighted by atomic mass is 10.0. The van der Waals surface area contributed by atoms with Gasteiger partial charge in [0.25, 0.3) is 0 Å². The van der Waals surface area contributed by atoms with Gasteiger partial charge in [0.2, 0.25) is 0 Å². The molecule has 0 spiro atoms. The van der Waals surface area contributed by atoms with Crippen LogP contribution in [0, 0.1) is 11.8 Å². The molecule has 3 aromatic rings. The summed E-state index contributed by atoms with van der Waals surface area (Å²) in [6.07, 6.45) is -6.65. The van der Waals surface area contributed by atoms with Crippen molar-refractivity contribution < 1.29 is 32.5 Å². The van der Waals surface area contributed by atoms with Crippen LogP contribution < -0.4 is 15.4 Å². The summed E-state index contributed by atoms with van der Waals surface area (Å²) in [5.41, 5.74) is 1.89. The standard InChI is InChI=1S/C29H34F4N4O3/c1-18(2)36-13-11-24(22(30)16-36)35-23-7-4-8-26-21(23)15-20(37(26)17-29(31,32)33)6-5-12-34-25-10-9-19(28(38)39)14-27(25)40-3/h4,7-10,14-15,18,22,24,28,34-35,38-39H,11-13,16-17H2,1-3H3/t22-,24?/m1/s1. The number of hydrogen-bond acceptors (Lipinski definition) is 6. The zero-order chi connectivity index (χ0) is 29.0. The Kier molecular flexibility index (Phi) is 9.13. The molecule has 4 N–H and O–H groups in total. The van der Waals surface area contributed by atoms with Crippen LogP contribution in [0.4, 0.5) is 28.9 Å². The van der Waals surface area contributed by atoms with Gasteiger partial charge in [0.05, 0.1) is 36.6 Å². The number of ether oxygens (including phenoxy) is 1. The van der Waals surface area contributed by atoms with Crippen molar-refractivity contribution in [1.82, 2.24) is 9.47 Å². The van der Waals surface area contributed by atoms with Gasteiger partial charge in [0.15, 0.2) is 6.29 Å². The molecule has 11 heteroatoms. The van der Waals surface area contributed by atoms with E-state index in [1.54, 1.807) is 30.3 Å². The smallest absolute Gasteiger partial charge is 0.406 e. The first kappa shape index (κ1) is 29.5. The van der Waals surface area contributed by atoms with Gasteiger partial charge in [-0.15, -0.1) is 0 Å². The predicted molar refractivity (Wildman–Crippen MR) is 147 cm³/mol. The molecule has 2 aromatic carbocycles. The average Bonchev–Trinajstić information content (AvgIpc) is 3.24. The third kappa shape index (κ3) is 6.99. The number of aliphatic hydroxyl groups excluding tert-OH is 1. The molecule has 4 rings (SSSR count). The highest BCUT2D eigenvalue weighted by Gasteiger charge is 2.32. The van der Waals surface area contributed by atoms with Gasteiger partial charge in [0, 0.05) is 35.8 Å².